The van der Waals surface area contributed by atoms with E-state index in [4.69, 9.17) is 0 Å². The molecule has 0 aliphatic rings. The van der Waals surface area contributed by atoms with Crippen LogP contribution in [0.1, 0.15) is 17.9 Å². The standard InChI is InChI=1S/C16H19NO2S/c18-12-11-15(14-7-3-1-4-8-14)13-17-20(19)16-9-5-2-6-10-16/h1-10,15,17-18H,11-13H2. The maximum Gasteiger partial charge on any atom is 0.124 e. The summed E-state index contributed by atoms with van der Waals surface area (Å²) in [4.78, 5) is 0.767. The molecule has 20 heavy (non-hydrogen) atoms. The average Bonchev–Trinajstić information content (AvgIpc) is 2.53. The van der Waals surface area contributed by atoms with Crippen LogP contribution in [0.5, 0.6) is 0 Å². The molecule has 2 N–H and O–H groups in total. The molecule has 0 heterocycles. The zero-order chi connectivity index (χ0) is 14.2. The molecule has 0 aromatic heterocycles. The molecule has 0 radical (unpaired) electrons. The first-order valence-electron chi connectivity index (χ1n) is 6.67. The van der Waals surface area contributed by atoms with E-state index in [-0.39, 0.29) is 12.5 Å². The van der Waals surface area contributed by atoms with Crippen LogP contribution >= 0.6 is 0 Å². The van der Waals surface area contributed by atoms with Gasteiger partial charge < -0.3 is 5.11 Å². The van der Waals surface area contributed by atoms with E-state index < -0.39 is 11.0 Å². The summed E-state index contributed by atoms with van der Waals surface area (Å²) in [5, 5.41) is 9.18. The molecule has 2 unspecified atom stereocenters. The van der Waals surface area contributed by atoms with Crippen molar-refractivity contribution in [3.05, 3.63) is 66.2 Å². The van der Waals surface area contributed by atoms with Gasteiger partial charge in [-0.1, -0.05) is 48.5 Å². The molecule has 2 aromatic carbocycles. The predicted octanol–water partition coefficient (Wildman–Crippen LogP) is 2.47. The second-order valence-electron chi connectivity index (χ2n) is 4.55. The molecule has 106 valence electrons. The van der Waals surface area contributed by atoms with E-state index in [0.29, 0.717) is 13.0 Å². The Morgan fingerprint density at radius 3 is 2.20 bits per heavy atom. The number of aliphatic hydroxyl groups excluding tert-OH is 1. The number of hydrogen-bond donors (Lipinski definition) is 2. The molecular weight excluding hydrogens is 270 g/mol. The zero-order valence-electron chi connectivity index (χ0n) is 11.2. The number of rotatable bonds is 7. The van der Waals surface area contributed by atoms with Crippen LogP contribution < -0.4 is 4.72 Å². The molecule has 4 heteroatoms. The third-order valence-electron chi connectivity index (χ3n) is 3.17. The second kappa shape index (κ2) is 7.94. The van der Waals surface area contributed by atoms with E-state index in [0.717, 1.165) is 10.5 Å². The van der Waals surface area contributed by atoms with E-state index in [1.165, 1.54) is 0 Å². The Hall–Kier alpha value is -1.49. The van der Waals surface area contributed by atoms with Crippen molar-refractivity contribution in [1.82, 2.24) is 4.72 Å². The highest BCUT2D eigenvalue weighted by molar-refractivity contribution is 7.83. The van der Waals surface area contributed by atoms with Gasteiger partial charge in [0.2, 0.25) is 0 Å². The van der Waals surface area contributed by atoms with E-state index in [1.807, 2.05) is 60.7 Å². The molecular formula is C16H19NO2S. The normalized spacial score (nSPS) is 13.8. The largest absolute Gasteiger partial charge is 0.396 e. The average molecular weight is 289 g/mol. The van der Waals surface area contributed by atoms with E-state index in [2.05, 4.69) is 4.72 Å². The third-order valence-corrected chi connectivity index (χ3v) is 4.30. The fraction of sp³-hybridized carbons (Fsp3) is 0.250. The Labute approximate surface area is 122 Å². The van der Waals surface area contributed by atoms with Gasteiger partial charge >= 0.3 is 0 Å². The summed E-state index contributed by atoms with van der Waals surface area (Å²) in [7, 11) is -1.21. The van der Waals surface area contributed by atoms with Crippen molar-refractivity contribution in [1.29, 1.82) is 0 Å². The number of hydrogen-bond acceptors (Lipinski definition) is 2. The minimum Gasteiger partial charge on any atom is -0.396 e. The number of nitrogens with one attached hydrogen (secondary N) is 1. The fourth-order valence-electron chi connectivity index (χ4n) is 2.07. The fourth-order valence-corrected chi connectivity index (χ4v) is 2.99. The van der Waals surface area contributed by atoms with Crippen molar-refractivity contribution >= 4 is 11.0 Å². The number of aliphatic hydroxyl groups is 1. The van der Waals surface area contributed by atoms with Crippen LogP contribution in [0.25, 0.3) is 0 Å². The second-order valence-corrected chi connectivity index (χ2v) is 5.85. The Kier molecular flexibility index (Phi) is 5.92. The van der Waals surface area contributed by atoms with Crippen LogP contribution in [-0.2, 0) is 11.0 Å². The lowest BCUT2D eigenvalue weighted by atomic mass is 9.96. The van der Waals surface area contributed by atoms with Crippen molar-refractivity contribution in [2.75, 3.05) is 13.2 Å². The van der Waals surface area contributed by atoms with Crippen LogP contribution in [-0.4, -0.2) is 22.5 Å². The lowest BCUT2D eigenvalue weighted by Crippen LogP contribution is -2.24. The van der Waals surface area contributed by atoms with E-state index in [1.54, 1.807) is 0 Å². The molecule has 2 atom stereocenters. The predicted molar refractivity (Wildman–Crippen MR) is 81.7 cm³/mol. The minimum atomic E-state index is -1.21. The smallest absolute Gasteiger partial charge is 0.124 e. The monoisotopic (exact) mass is 289 g/mol. The molecule has 0 saturated heterocycles. The van der Waals surface area contributed by atoms with Crippen LogP contribution in [0.4, 0.5) is 0 Å². The van der Waals surface area contributed by atoms with E-state index >= 15 is 0 Å². The van der Waals surface area contributed by atoms with Crippen molar-refractivity contribution in [2.45, 2.75) is 17.2 Å². The number of benzene rings is 2. The highest BCUT2D eigenvalue weighted by Crippen LogP contribution is 2.18. The summed E-state index contributed by atoms with van der Waals surface area (Å²) in [6.07, 6.45) is 0.656. The molecule has 0 fully saturated rings. The van der Waals surface area contributed by atoms with Gasteiger partial charge in [0.1, 0.15) is 11.0 Å². The lowest BCUT2D eigenvalue weighted by Gasteiger charge is -2.16. The van der Waals surface area contributed by atoms with Gasteiger partial charge in [0.05, 0.1) is 4.90 Å². The maximum absolute atomic E-state index is 12.1. The van der Waals surface area contributed by atoms with Gasteiger partial charge in [-0.15, -0.1) is 0 Å². The van der Waals surface area contributed by atoms with Gasteiger partial charge in [-0.3, -0.25) is 0 Å². The van der Waals surface area contributed by atoms with Gasteiger partial charge in [0.25, 0.3) is 0 Å². The highest BCUT2D eigenvalue weighted by Gasteiger charge is 2.12. The van der Waals surface area contributed by atoms with Crippen LogP contribution in [0.2, 0.25) is 0 Å². The third kappa shape index (κ3) is 4.27. The summed E-state index contributed by atoms with van der Waals surface area (Å²) in [6, 6.07) is 19.3. The molecule has 0 saturated carbocycles. The molecule has 0 spiro atoms. The molecule has 0 aliphatic heterocycles. The first kappa shape index (κ1) is 14.9. The maximum atomic E-state index is 12.1. The molecule has 0 bridgehead atoms. The Balaban J connectivity index is 1.98. The first-order chi connectivity index (χ1) is 9.81. The molecule has 2 aromatic rings. The van der Waals surface area contributed by atoms with Crippen molar-refractivity contribution in [3.8, 4) is 0 Å². The lowest BCUT2D eigenvalue weighted by molar-refractivity contribution is 0.275. The molecule has 0 aliphatic carbocycles. The Morgan fingerprint density at radius 2 is 1.60 bits per heavy atom. The van der Waals surface area contributed by atoms with E-state index in [9.17, 15) is 9.32 Å². The summed E-state index contributed by atoms with van der Waals surface area (Å²) < 4.78 is 15.2. The molecule has 2 rings (SSSR count). The highest BCUT2D eigenvalue weighted by atomic mass is 32.2. The SMILES string of the molecule is O=S(NCC(CCO)c1ccccc1)c1ccccc1. The Bertz CT molecular complexity index is 531. The minimum absolute atomic E-state index is 0.124. The van der Waals surface area contributed by atoms with Crippen molar-refractivity contribution in [3.63, 3.8) is 0 Å². The van der Waals surface area contributed by atoms with Gasteiger partial charge in [0, 0.05) is 13.2 Å². The Morgan fingerprint density at radius 1 is 1.00 bits per heavy atom. The zero-order valence-corrected chi connectivity index (χ0v) is 12.1. The van der Waals surface area contributed by atoms with Crippen LogP contribution in [0.15, 0.2) is 65.6 Å². The van der Waals surface area contributed by atoms with Gasteiger partial charge in [-0.2, -0.15) is 0 Å². The topological polar surface area (TPSA) is 49.3 Å². The van der Waals surface area contributed by atoms with Gasteiger partial charge in [-0.25, -0.2) is 8.93 Å². The van der Waals surface area contributed by atoms with Gasteiger partial charge in [-0.05, 0) is 30.0 Å². The summed E-state index contributed by atoms with van der Waals surface area (Å²) in [5.74, 6) is 0.161. The summed E-state index contributed by atoms with van der Waals surface area (Å²) >= 11 is 0. The van der Waals surface area contributed by atoms with Crippen molar-refractivity contribution < 1.29 is 9.32 Å². The molecule has 0 amide bonds. The summed E-state index contributed by atoms with van der Waals surface area (Å²) in [5.41, 5.74) is 1.15. The summed E-state index contributed by atoms with van der Waals surface area (Å²) in [6.45, 7) is 0.700. The van der Waals surface area contributed by atoms with Crippen molar-refractivity contribution in [2.24, 2.45) is 0 Å². The quantitative estimate of drug-likeness (QED) is 0.822. The van der Waals surface area contributed by atoms with Gasteiger partial charge in [0.15, 0.2) is 0 Å². The molecule has 3 nitrogen and oxygen atoms in total. The first-order valence-corrected chi connectivity index (χ1v) is 7.82. The van der Waals surface area contributed by atoms with Crippen LogP contribution in [0.3, 0.4) is 0 Å². The van der Waals surface area contributed by atoms with Crippen LogP contribution in [0, 0.1) is 0 Å².